The summed E-state index contributed by atoms with van der Waals surface area (Å²) in [5, 5.41) is 13.1. The molecular weight excluding hydrogens is 238 g/mol. The number of aliphatic hydroxyl groups is 1. The van der Waals surface area contributed by atoms with Crippen LogP contribution in [0.25, 0.3) is 0 Å². The molecule has 1 rings (SSSR count). The molecule has 0 saturated heterocycles. The zero-order valence-electron chi connectivity index (χ0n) is 10.5. The van der Waals surface area contributed by atoms with E-state index in [2.05, 4.69) is 12.2 Å². The van der Waals surface area contributed by atoms with Crippen molar-refractivity contribution in [3.05, 3.63) is 28.8 Å². The van der Waals surface area contributed by atoms with E-state index in [0.29, 0.717) is 11.6 Å². The second kappa shape index (κ2) is 6.84. The minimum Gasteiger partial charge on any atom is -0.496 e. The van der Waals surface area contributed by atoms with E-state index in [1.165, 1.54) is 0 Å². The van der Waals surface area contributed by atoms with E-state index in [0.717, 1.165) is 11.3 Å². The predicted molar refractivity (Wildman–Crippen MR) is 70.6 cm³/mol. The molecule has 0 fully saturated rings. The average Bonchev–Trinajstić information content (AvgIpc) is 2.35. The highest BCUT2D eigenvalue weighted by atomic mass is 35.5. The molecule has 0 spiro atoms. The number of ether oxygens (including phenoxy) is 1. The van der Waals surface area contributed by atoms with E-state index in [1.807, 2.05) is 25.1 Å². The van der Waals surface area contributed by atoms with Crippen LogP contribution in [-0.2, 0) is 6.54 Å². The van der Waals surface area contributed by atoms with Crippen molar-refractivity contribution in [1.82, 2.24) is 5.32 Å². The zero-order chi connectivity index (χ0) is 12.8. The topological polar surface area (TPSA) is 41.5 Å². The van der Waals surface area contributed by atoms with Crippen LogP contribution in [0, 0.1) is 5.92 Å². The lowest BCUT2D eigenvalue weighted by molar-refractivity contribution is 0.207. The van der Waals surface area contributed by atoms with Gasteiger partial charge >= 0.3 is 0 Å². The molecule has 96 valence electrons. The molecule has 3 nitrogen and oxygen atoms in total. The summed E-state index contributed by atoms with van der Waals surface area (Å²) in [6.07, 6.45) is 0. The Bertz CT molecular complexity index is 357. The second-order valence-corrected chi connectivity index (χ2v) is 4.72. The molecule has 0 heterocycles. The molecule has 1 aromatic rings. The van der Waals surface area contributed by atoms with Crippen LogP contribution in [0.15, 0.2) is 18.2 Å². The predicted octanol–water partition coefficient (Wildman–Crippen LogP) is 2.46. The van der Waals surface area contributed by atoms with Crippen molar-refractivity contribution in [2.45, 2.75) is 26.4 Å². The van der Waals surface area contributed by atoms with Gasteiger partial charge in [-0.05, 0) is 31.0 Å². The van der Waals surface area contributed by atoms with Crippen molar-refractivity contribution >= 4 is 11.6 Å². The van der Waals surface area contributed by atoms with Gasteiger partial charge in [0.2, 0.25) is 0 Å². The Labute approximate surface area is 108 Å². The number of aliphatic hydroxyl groups excluding tert-OH is 1. The molecule has 0 saturated carbocycles. The zero-order valence-corrected chi connectivity index (χ0v) is 11.3. The lowest BCUT2D eigenvalue weighted by Gasteiger charge is -2.20. The fourth-order valence-electron chi connectivity index (χ4n) is 1.52. The number of nitrogens with one attached hydrogen (secondary N) is 1. The summed E-state index contributed by atoms with van der Waals surface area (Å²) in [7, 11) is 1.65. The first-order valence-corrected chi connectivity index (χ1v) is 6.13. The SMILES string of the molecule is COc1ccc(Cl)cc1CNC(C)C(C)CO. The number of methoxy groups -OCH3 is 1. The first kappa shape index (κ1) is 14.3. The molecule has 2 N–H and O–H groups in total. The molecular formula is C13H20ClNO2. The minimum absolute atomic E-state index is 0.181. The Balaban J connectivity index is 2.65. The molecule has 0 aliphatic carbocycles. The molecule has 0 amide bonds. The Morgan fingerprint density at radius 3 is 2.71 bits per heavy atom. The van der Waals surface area contributed by atoms with Gasteiger partial charge in [-0.2, -0.15) is 0 Å². The van der Waals surface area contributed by atoms with Gasteiger partial charge in [-0.3, -0.25) is 0 Å². The monoisotopic (exact) mass is 257 g/mol. The van der Waals surface area contributed by atoms with Gasteiger partial charge in [0.25, 0.3) is 0 Å². The second-order valence-electron chi connectivity index (χ2n) is 4.29. The van der Waals surface area contributed by atoms with Crippen LogP contribution in [0.2, 0.25) is 5.02 Å². The maximum Gasteiger partial charge on any atom is 0.123 e. The molecule has 17 heavy (non-hydrogen) atoms. The smallest absolute Gasteiger partial charge is 0.123 e. The highest BCUT2D eigenvalue weighted by molar-refractivity contribution is 6.30. The van der Waals surface area contributed by atoms with E-state index in [-0.39, 0.29) is 18.6 Å². The minimum atomic E-state index is 0.181. The van der Waals surface area contributed by atoms with Crippen LogP contribution in [0.1, 0.15) is 19.4 Å². The third-order valence-corrected chi connectivity index (χ3v) is 3.23. The quantitative estimate of drug-likeness (QED) is 0.823. The molecule has 0 radical (unpaired) electrons. The highest BCUT2D eigenvalue weighted by Crippen LogP contribution is 2.22. The van der Waals surface area contributed by atoms with Crippen molar-refractivity contribution in [2.75, 3.05) is 13.7 Å². The standard InChI is InChI=1S/C13H20ClNO2/c1-9(8-16)10(2)15-7-11-6-12(14)4-5-13(11)17-3/h4-6,9-10,15-16H,7-8H2,1-3H3. The van der Waals surface area contributed by atoms with Crippen molar-refractivity contribution in [2.24, 2.45) is 5.92 Å². The van der Waals surface area contributed by atoms with Gasteiger partial charge in [-0.25, -0.2) is 0 Å². The summed E-state index contributed by atoms with van der Waals surface area (Å²) in [5.41, 5.74) is 1.02. The van der Waals surface area contributed by atoms with E-state index in [9.17, 15) is 0 Å². The third kappa shape index (κ3) is 4.19. The largest absolute Gasteiger partial charge is 0.496 e. The molecule has 0 aliphatic rings. The maximum atomic E-state index is 9.06. The van der Waals surface area contributed by atoms with Crippen molar-refractivity contribution < 1.29 is 9.84 Å². The molecule has 0 aliphatic heterocycles. The molecule has 2 atom stereocenters. The van der Waals surface area contributed by atoms with Crippen LogP contribution in [0.5, 0.6) is 5.75 Å². The molecule has 0 bridgehead atoms. The van der Waals surface area contributed by atoms with Crippen LogP contribution in [0.4, 0.5) is 0 Å². The lowest BCUT2D eigenvalue weighted by Crippen LogP contribution is -2.33. The van der Waals surface area contributed by atoms with Crippen LogP contribution >= 0.6 is 11.6 Å². The first-order valence-electron chi connectivity index (χ1n) is 5.75. The van der Waals surface area contributed by atoms with E-state index < -0.39 is 0 Å². The van der Waals surface area contributed by atoms with Gasteiger partial charge < -0.3 is 15.2 Å². The highest BCUT2D eigenvalue weighted by Gasteiger charge is 2.11. The van der Waals surface area contributed by atoms with Gasteiger partial charge in [-0.15, -0.1) is 0 Å². The van der Waals surface area contributed by atoms with E-state index >= 15 is 0 Å². The normalized spacial score (nSPS) is 14.4. The van der Waals surface area contributed by atoms with Gasteiger partial charge in [0.15, 0.2) is 0 Å². The summed E-state index contributed by atoms with van der Waals surface area (Å²) < 4.78 is 5.27. The maximum absolute atomic E-state index is 9.06. The van der Waals surface area contributed by atoms with Gasteiger partial charge in [0.1, 0.15) is 5.75 Å². The van der Waals surface area contributed by atoms with Gasteiger partial charge in [-0.1, -0.05) is 18.5 Å². The van der Waals surface area contributed by atoms with Crippen LogP contribution < -0.4 is 10.1 Å². The lowest BCUT2D eigenvalue weighted by atomic mass is 10.0. The average molecular weight is 258 g/mol. The van der Waals surface area contributed by atoms with Crippen LogP contribution in [-0.4, -0.2) is 24.9 Å². The number of hydrogen-bond donors (Lipinski definition) is 2. The van der Waals surface area contributed by atoms with Crippen molar-refractivity contribution in [3.8, 4) is 5.75 Å². The Kier molecular flexibility index (Phi) is 5.75. The summed E-state index contributed by atoms with van der Waals surface area (Å²) >= 11 is 5.96. The number of rotatable bonds is 6. The number of hydrogen-bond acceptors (Lipinski definition) is 3. The Hall–Kier alpha value is -0.770. The molecule has 4 heteroatoms. The third-order valence-electron chi connectivity index (χ3n) is 3.00. The van der Waals surface area contributed by atoms with E-state index in [4.69, 9.17) is 21.4 Å². The van der Waals surface area contributed by atoms with Gasteiger partial charge in [0.05, 0.1) is 7.11 Å². The Morgan fingerprint density at radius 1 is 1.41 bits per heavy atom. The fraction of sp³-hybridized carbons (Fsp3) is 0.538. The molecule has 0 aromatic heterocycles. The summed E-state index contributed by atoms with van der Waals surface area (Å²) in [4.78, 5) is 0. The summed E-state index contributed by atoms with van der Waals surface area (Å²) in [6, 6.07) is 5.80. The summed E-state index contributed by atoms with van der Waals surface area (Å²) in [6.45, 7) is 4.92. The van der Waals surface area contributed by atoms with Crippen LogP contribution in [0.3, 0.4) is 0 Å². The van der Waals surface area contributed by atoms with Crippen molar-refractivity contribution in [1.29, 1.82) is 0 Å². The Morgan fingerprint density at radius 2 is 2.12 bits per heavy atom. The molecule has 1 aromatic carbocycles. The summed E-state index contributed by atoms with van der Waals surface area (Å²) in [5.74, 6) is 1.05. The number of halogens is 1. The fourth-order valence-corrected chi connectivity index (χ4v) is 1.71. The first-order chi connectivity index (χ1) is 8.08. The molecule has 2 unspecified atom stereocenters. The van der Waals surface area contributed by atoms with Gasteiger partial charge in [0, 0.05) is 29.8 Å². The van der Waals surface area contributed by atoms with Crippen molar-refractivity contribution in [3.63, 3.8) is 0 Å². The number of benzene rings is 1. The van der Waals surface area contributed by atoms with E-state index in [1.54, 1.807) is 7.11 Å².